The standard InChI is InChI=1S/C29H33FI2N2O4/c1-17-26(28(2,3)30)24(14-25(36)33-12-4-5-21(33)16-35)38-29(17)22-13-20(32)10-11-23(22)34(27(29)37)15-18-6-8-19(31)9-7-18/h6-11,13,17,21,24,26,35H,4-5,12,14-16H2,1-3H3/t17-,21-,24+,26-,29+/m0/s1. The number of anilines is 1. The summed E-state index contributed by atoms with van der Waals surface area (Å²) in [6.45, 7) is 5.77. The van der Waals surface area contributed by atoms with Gasteiger partial charge in [0.1, 0.15) is 5.67 Å². The number of hydrogen-bond donors (Lipinski definition) is 1. The maximum absolute atomic E-state index is 15.9. The van der Waals surface area contributed by atoms with Gasteiger partial charge in [0.25, 0.3) is 5.91 Å². The number of ether oxygens (including phenoxy) is 1. The fourth-order valence-electron chi connectivity index (χ4n) is 6.79. The van der Waals surface area contributed by atoms with Crippen molar-refractivity contribution in [3.63, 3.8) is 0 Å². The van der Waals surface area contributed by atoms with E-state index in [0.717, 1.165) is 36.8 Å². The number of rotatable bonds is 6. The Balaban J connectivity index is 1.53. The summed E-state index contributed by atoms with van der Waals surface area (Å²) in [4.78, 5) is 31.2. The first-order chi connectivity index (χ1) is 18.0. The molecule has 5 atom stereocenters. The van der Waals surface area contributed by atoms with E-state index < -0.39 is 29.2 Å². The molecule has 3 heterocycles. The molecule has 0 saturated carbocycles. The van der Waals surface area contributed by atoms with Crippen molar-refractivity contribution in [1.29, 1.82) is 0 Å². The van der Waals surface area contributed by atoms with Gasteiger partial charge in [0.05, 0.1) is 37.4 Å². The van der Waals surface area contributed by atoms with Crippen molar-refractivity contribution in [3.8, 4) is 0 Å². The van der Waals surface area contributed by atoms with Gasteiger partial charge in [-0.05, 0) is 108 Å². The average molecular weight is 746 g/mol. The van der Waals surface area contributed by atoms with Crippen LogP contribution in [-0.2, 0) is 26.5 Å². The zero-order valence-corrected chi connectivity index (χ0v) is 26.1. The van der Waals surface area contributed by atoms with Gasteiger partial charge in [0, 0.05) is 31.1 Å². The largest absolute Gasteiger partial charge is 0.394 e. The molecule has 1 N–H and O–H groups in total. The summed E-state index contributed by atoms with van der Waals surface area (Å²) in [6.07, 6.45) is 0.790. The number of alkyl halides is 1. The Hall–Kier alpha value is -1.31. The van der Waals surface area contributed by atoms with Crippen LogP contribution in [0, 0.1) is 19.0 Å². The zero-order valence-electron chi connectivity index (χ0n) is 21.8. The maximum Gasteiger partial charge on any atom is 0.264 e. The lowest BCUT2D eigenvalue weighted by Gasteiger charge is -2.33. The molecule has 0 aromatic heterocycles. The Kier molecular flexibility index (Phi) is 7.86. The Morgan fingerprint density at radius 3 is 2.53 bits per heavy atom. The molecule has 2 saturated heterocycles. The van der Waals surface area contributed by atoms with Crippen molar-refractivity contribution in [3.05, 3.63) is 60.7 Å². The Morgan fingerprint density at radius 1 is 1.18 bits per heavy atom. The van der Waals surface area contributed by atoms with Crippen LogP contribution >= 0.6 is 45.2 Å². The minimum Gasteiger partial charge on any atom is -0.394 e. The Morgan fingerprint density at radius 2 is 1.87 bits per heavy atom. The highest BCUT2D eigenvalue weighted by atomic mass is 127. The zero-order chi connectivity index (χ0) is 27.4. The van der Waals surface area contributed by atoms with E-state index >= 15 is 4.39 Å². The normalized spacial score (nSPS) is 29.0. The van der Waals surface area contributed by atoms with E-state index in [0.29, 0.717) is 13.1 Å². The van der Waals surface area contributed by atoms with Crippen LogP contribution in [0.25, 0.3) is 0 Å². The molecule has 204 valence electrons. The van der Waals surface area contributed by atoms with Crippen molar-refractivity contribution in [2.75, 3.05) is 18.1 Å². The highest BCUT2D eigenvalue weighted by Gasteiger charge is 2.66. The molecule has 9 heteroatoms. The molecule has 5 rings (SSSR count). The van der Waals surface area contributed by atoms with E-state index in [4.69, 9.17) is 4.74 Å². The average Bonchev–Trinajstić information content (AvgIpc) is 3.51. The molecule has 2 amide bonds. The van der Waals surface area contributed by atoms with Gasteiger partial charge in [-0.25, -0.2) is 4.39 Å². The number of likely N-dealkylation sites (tertiary alicyclic amines) is 1. The smallest absolute Gasteiger partial charge is 0.264 e. The SMILES string of the molecule is C[C@H]1[C@H](C(C)(C)F)[C@@H](CC(=O)N2CCC[C@H]2CO)O[C@]12C(=O)N(Cc1ccc(I)cc1)c1ccc(I)cc12. The minimum atomic E-state index is -1.68. The van der Waals surface area contributed by atoms with Crippen LogP contribution in [0.4, 0.5) is 10.1 Å². The van der Waals surface area contributed by atoms with E-state index in [1.54, 1.807) is 9.80 Å². The van der Waals surface area contributed by atoms with Crippen molar-refractivity contribution in [2.24, 2.45) is 11.8 Å². The number of amides is 2. The number of carbonyl (C=O) groups excluding carboxylic acids is 2. The highest BCUT2D eigenvalue weighted by Crippen LogP contribution is 2.58. The molecule has 0 bridgehead atoms. The second-order valence-corrected chi connectivity index (χ2v) is 13.7. The third-order valence-electron chi connectivity index (χ3n) is 8.46. The van der Waals surface area contributed by atoms with Gasteiger partial charge in [-0.1, -0.05) is 19.1 Å². The molecule has 2 aromatic rings. The molecule has 0 unspecified atom stereocenters. The summed E-state index contributed by atoms with van der Waals surface area (Å²) in [7, 11) is 0. The molecule has 0 aliphatic carbocycles. The monoisotopic (exact) mass is 746 g/mol. The summed E-state index contributed by atoms with van der Waals surface area (Å²) in [6, 6.07) is 13.7. The molecule has 1 spiro atoms. The molecule has 3 aliphatic rings. The summed E-state index contributed by atoms with van der Waals surface area (Å²) in [5.74, 6) is -1.54. The topological polar surface area (TPSA) is 70.1 Å². The van der Waals surface area contributed by atoms with E-state index in [2.05, 4.69) is 45.2 Å². The van der Waals surface area contributed by atoms with Gasteiger partial charge in [0.2, 0.25) is 5.91 Å². The molecule has 6 nitrogen and oxygen atoms in total. The molecular weight excluding hydrogens is 713 g/mol. The van der Waals surface area contributed by atoms with Crippen molar-refractivity contribution in [1.82, 2.24) is 4.90 Å². The number of aliphatic hydroxyl groups is 1. The van der Waals surface area contributed by atoms with E-state index in [1.165, 1.54) is 13.8 Å². The number of aliphatic hydroxyl groups excluding tert-OH is 1. The van der Waals surface area contributed by atoms with Crippen molar-refractivity contribution < 1.29 is 23.8 Å². The van der Waals surface area contributed by atoms with Gasteiger partial charge < -0.3 is 19.6 Å². The van der Waals surface area contributed by atoms with Crippen LogP contribution in [0.1, 0.15) is 51.2 Å². The van der Waals surface area contributed by atoms with Gasteiger partial charge in [-0.15, -0.1) is 0 Å². The first-order valence-corrected chi connectivity index (χ1v) is 15.3. The maximum atomic E-state index is 15.9. The number of benzene rings is 2. The minimum absolute atomic E-state index is 0.0235. The molecule has 2 fully saturated rings. The van der Waals surface area contributed by atoms with E-state index in [1.807, 2.05) is 49.4 Å². The van der Waals surface area contributed by atoms with Gasteiger partial charge in [-0.2, -0.15) is 0 Å². The highest BCUT2D eigenvalue weighted by molar-refractivity contribution is 14.1. The van der Waals surface area contributed by atoms with Crippen LogP contribution in [0.2, 0.25) is 0 Å². The first-order valence-electron chi connectivity index (χ1n) is 13.1. The molecule has 3 aliphatic heterocycles. The molecule has 0 radical (unpaired) electrons. The van der Waals surface area contributed by atoms with Crippen LogP contribution in [-0.4, -0.2) is 52.8 Å². The van der Waals surface area contributed by atoms with Gasteiger partial charge in [0.15, 0.2) is 5.60 Å². The predicted octanol–water partition coefficient (Wildman–Crippen LogP) is 5.41. The lowest BCUT2D eigenvalue weighted by molar-refractivity contribution is -0.150. The summed E-state index contributed by atoms with van der Waals surface area (Å²) in [5.41, 5.74) is -0.556. The Labute approximate surface area is 250 Å². The third-order valence-corrected chi connectivity index (χ3v) is 9.85. The number of nitrogens with zero attached hydrogens (tertiary/aromatic N) is 2. The number of carbonyl (C=O) groups is 2. The third kappa shape index (κ3) is 4.79. The molecular formula is C29H33FI2N2O4. The van der Waals surface area contributed by atoms with Crippen LogP contribution in [0.3, 0.4) is 0 Å². The molecule has 38 heavy (non-hydrogen) atoms. The number of hydrogen-bond acceptors (Lipinski definition) is 4. The fraction of sp³-hybridized carbons (Fsp3) is 0.517. The summed E-state index contributed by atoms with van der Waals surface area (Å²) in [5, 5.41) is 9.74. The number of halogens is 3. The van der Waals surface area contributed by atoms with Crippen LogP contribution in [0.5, 0.6) is 0 Å². The van der Waals surface area contributed by atoms with Crippen LogP contribution < -0.4 is 4.90 Å². The van der Waals surface area contributed by atoms with Crippen LogP contribution in [0.15, 0.2) is 42.5 Å². The quantitative estimate of drug-likeness (QED) is 0.402. The molecule has 2 aromatic carbocycles. The second kappa shape index (κ2) is 10.6. The predicted molar refractivity (Wildman–Crippen MR) is 160 cm³/mol. The van der Waals surface area contributed by atoms with Crippen molar-refractivity contribution >= 4 is 62.7 Å². The lowest BCUT2D eigenvalue weighted by atomic mass is 9.71. The summed E-state index contributed by atoms with van der Waals surface area (Å²) < 4.78 is 24.7. The fourth-order valence-corrected chi connectivity index (χ4v) is 7.64. The number of fused-ring (bicyclic) bond motifs is 2. The summed E-state index contributed by atoms with van der Waals surface area (Å²) >= 11 is 4.48. The van der Waals surface area contributed by atoms with E-state index in [9.17, 15) is 14.7 Å². The van der Waals surface area contributed by atoms with E-state index in [-0.39, 0.29) is 30.9 Å². The van der Waals surface area contributed by atoms with Crippen molar-refractivity contribution in [2.45, 2.75) is 70.0 Å². The van der Waals surface area contributed by atoms with Gasteiger partial charge in [-0.3, -0.25) is 9.59 Å². The lowest BCUT2D eigenvalue weighted by Crippen LogP contribution is -2.45. The first kappa shape index (κ1) is 28.2. The van der Waals surface area contributed by atoms with Gasteiger partial charge >= 0.3 is 0 Å². The second-order valence-electron chi connectivity index (χ2n) is 11.2. The Bertz CT molecular complexity index is 1230.